The zero-order valence-corrected chi connectivity index (χ0v) is 14.8. The molecule has 2 aliphatic rings. The average molecular weight is 329 g/mol. The lowest BCUT2D eigenvalue weighted by atomic mass is 10.0. The molecular weight excluding hydrogens is 298 g/mol. The number of carbonyl (C=O) groups is 1. The van der Waals surface area contributed by atoms with Crippen molar-refractivity contribution < 1.29 is 4.79 Å². The van der Waals surface area contributed by atoms with Crippen LogP contribution >= 0.6 is 0 Å². The monoisotopic (exact) mass is 329 g/mol. The normalized spacial score (nSPS) is 21.8. The summed E-state index contributed by atoms with van der Waals surface area (Å²) in [5, 5.41) is 3.14. The van der Waals surface area contributed by atoms with Gasteiger partial charge in [-0.05, 0) is 63.7 Å². The molecule has 0 saturated carbocycles. The minimum Gasteiger partial charge on any atom is -0.338 e. The second-order valence-corrected chi connectivity index (χ2v) is 7.17. The Kier molecular flexibility index (Phi) is 6.53. The van der Waals surface area contributed by atoms with Crippen molar-refractivity contribution in [2.75, 3.05) is 32.7 Å². The summed E-state index contributed by atoms with van der Waals surface area (Å²) in [6, 6.07) is 11.0. The van der Waals surface area contributed by atoms with Crippen LogP contribution in [0, 0.1) is 0 Å². The molecule has 0 bridgehead atoms. The number of urea groups is 1. The van der Waals surface area contributed by atoms with E-state index in [1.165, 1.54) is 37.9 Å². The first-order chi connectivity index (χ1) is 11.8. The lowest BCUT2D eigenvalue weighted by molar-refractivity contribution is 0.190. The quantitative estimate of drug-likeness (QED) is 0.813. The van der Waals surface area contributed by atoms with Crippen LogP contribution in [0.5, 0.6) is 0 Å². The van der Waals surface area contributed by atoms with Crippen molar-refractivity contribution in [1.29, 1.82) is 0 Å². The number of piperidine rings is 1. The Morgan fingerprint density at radius 1 is 1.04 bits per heavy atom. The second-order valence-electron chi connectivity index (χ2n) is 7.17. The predicted molar refractivity (Wildman–Crippen MR) is 98.2 cm³/mol. The van der Waals surface area contributed by atoms with Crippen LogP contribution in [0.25, 0.3) is 0 Å². The van der Waals surface area contributed by atoms with Crippen LogP contribution in [0.1, 0.15) is 44.1 Å². The fourth-order valence-electron chi connectivity index (χ4n) is 3.98. The molecule has 4 nitrogen and oxygen atoms in total. The third-order valence-corrected chi connectivity index (χ3v) is 5.33. The summed E-state index contributed by atoms with van der Waals surface area (Å²) in [5.74, 6) is 0. The van der Waals surface area contributed by atoms with Gasteiger partial charge in [0.15, 0.2) is 0 Å². The van der Waals surface area contributed by atoms with Crippen LogP contribution in [0.2, 0.25) is 0 Å². The van der Waals surface area contributed by atoms with Gasteiger partial charge in [-0.3, -0.25) is 0 Å². The molecule has 2 saturated heterocycles. The third kappa shape index (κ3) is 4.97. The van der Waals surface area contributed by atoms with Crippen LogP contribution in [0.3, 0.4) is 0 Å². The lowest BCUT2D eigenvalue weighted by Crippen LogP contribution is -2.44. The van der Waals surface area contributed by atoms with E-state index in [4.69, 9.17) is 0 Å². The molecule has 1 aromatic carbocycles. The molecule has 132 valence electrons. The topological polar surface area (TPSA) is 35.6 Å². The largest absolute Gasteiger partial charge is 0.338 e. The molecule has 2 fully saturated rings. The highest BCUT2D eigenvalue weighted by Crippen LogP contribution is 2.21. The molecule has 1 unspecified atom stereocenters. The van der Waals surface area contributed by atoms with Gasteiger partial charge in [0.2, 0.25) is 0 Å². The number of rotatable bonds is 6. The van der Waals surface area contributed by atoms with Gasteiger partial charge in [0, 0.05) is 19.1 Å². The molecule has 2 heterocycles. The molecule has 0 aliphatic carbocycles. The molecule has 4 heteroatoms. The van der Waals surface area contributed by atoms with Gasteiger partial charge in [-0.25, -0.2) is 4.79 Å². The molecule has 3 rings (SSSR count). The summed E-state index contributed by atoms with van der Waals surface area (Å²) in [5.41, 5.74) is 1.33. The minimum absolute atomic E-state index is 0.132. The van der Waals surface area contributed by atoms with Crippen molar-refractivity contribution >= 4 is 6.03 Å². The Labute approximate surface area is 146 Å². The molecule has 0 spiro atoms. The fourth-order valence-corrected chi connectivity index (χ4v) is 3.98. The van der Waals surface area contributed by atoms with Gasteiger partial charge < -0.3 is 15.1 Å². The number of likely N-dealkylation sites (tertiary alicyclic amines) is 2. The number of nitrogens with zero attached hydrogens (tertiary/aromatic N) is 2. The smallest absolute Gasteiger partial charge is 0.317 e. The first kappa shape index (κ1) is 17.3. The number of benzene rings is 1. The van der Waals surface area contributed by atoms with Crippen LogP contribution in [0.15, 0.2) is 30.3 Å². The van der Waals surface area contributed by atoms with E-state index in [1.807, 2.05) is 11.0 Å². The molecule has 2 amide bonds. The van der Waals surface area contributed by atoms with Crippen LogP contribution in [-0.4, -0.2) is 54.6 Å². The summed E-state index contributed by atoms with van der Waals surface area (Å²) >= 11 is 0. The molecule has 1 aromatic rings. The van der Waals surface area contributed by atoms with Crippen molar-refractivity contribution in [3.63, 3.8) is 0 Å². The van der Waals surface area contributed by atoms with Crippen LogP contribution in [0.4, 0.5) is 4.79 Å². The number of amides is 2. The summed E-state index contributed by atoms with van der Waals surface area (Å²) < 4.78 is 0. The van der Waals surface area contributed by atoms with Crippen molar-refractivity contribution in [2.45, 2.75) is 51.0 Å². The third-order valence-electron chi connectivity index (χ3n) is 5.33. The van der Waals surface area contributed by atoms with Crippen molar-refractivity contribution in [2.24, 2.45) is 0 Å². The molecular formula is C20H31N3O. The Hall–Kier alpha value is -1.55. The van der Waals surface area contributed by atoms with Gasteiger partial charge in [-0.15, -0.1) is 0 Å². The first-order valence-corrected chi connectivity index (χ1v) is 9.64. The molecule has 0 radical (unpaired) electrons. The van der Waals surface area contributed by atoms with E-state index in [0.717, 1.165) is 45.3 Å². The van der Waals surface area contributed by atoms with E-state index in [2.05, 4.69) is 34.5 Å². The number of carbonyl (C=O) groups excluding carboxylic acids is 1. The number of nitrogens with one attached hydrogen (secondary N) is 1. The summed E-state index contributed by atoms with van der Waals surface area (Å²) in [6.07, 6.45) is 8.33. The zero-order chi connectivity index (χ0) is 16.6. The molecule has 2 aliphatic heterocycles. The van der Waals surface area contributed by atoms with E-state index in [1.54, 1.807) is 0 Å². The van der Waals surface area contributed by atoms with E-state index < -0.39 is 0 Å². The van der Waals surface area contributed by atoms with Crippen molar-refractivity contribution in [3.8, 4) is 0 Å². The highest BCUT2D eigenvalue weighted by Gasteiger charge is 2.28. The Morgan fingerprint density at radius 2 is 1.83 bits per heavy atom. The SMILES string of the molecule is O=C(NCCCN1CCCCC1)N1CCCC1Cc1ccccc1. The van der Waals surface area contributed by atoms with E-state index in [-0.39, 0.29) is 6.03 Å². The van der Waals surface area contributed by atoms with Gasteiger partial charge in [-0.2, -0.15) is 0 Å². The lowest BCUT2D eigenvalue weighted by Gasteiger charge is -2.27. The van der Waals surface area contributed by atoms with Crippen LogP contribution < -0.4 is 5.32 Å². The second kappa shape index (κ2) is 9.07. The van der Waals surface area contributed by atoms with Gasteiger partial charge in [0.05, 0.1) is 0 Å². The minimum atomic E-state index is 0.132. The van der Waals surface area contributed by atoms with E-state index in [0.29, 0.717) is 6.04 Å². The number of hydrogen-bond donors (Lipinski definition) is 1. The summed E-state index contributed by atoms with van der Waals surface area (Å²) in [7, 11) is 0. The van der Waals surface area contributed by atoms with Crippen molar-refractivity contribution in [3.05, 3.63) is 35.9 Å². The molecule has 1 N–H and O–H groups in total. The van der Waals surface area contributed by atoms with E-state index >= 15 is 0 Å². The van der Waals surface area contributed by atoms with Gasteiger partial charge in [0.25, 0.3) is 0 Å². The molecule has 1 atom stereocenters. The standard InChI is InChI=1S/C20H31N3O/c24-20(21-12-8-15-22-13-5-2-6-14-22)23-16-7-11-19(23)17-18-9-3-1-4-10-18/h1,3-4,9-10,19H,2,5-8,11-17H2,(H,21,24). The molecule has 24 heavy (non-hydrogen) atoms. The summed E-state index contributed by atoms with van der Waals surface area (Å²) in [4.78, 5) is 17.1. The van der Waals surface area contributed by atoms with E-state index in [9.17, 15) is 4.79 Å². The Bertz CT molecular complexity index is 499. The van der Waals surface area contributed by atoms with Gasteiger partial charge in [0.1, 0.15) is 0 Å². The maximum Gasteiger partial charge on any atom is 0.317 e. The molecule has 0 aromatic heterocycles. The van der Waals surface area contributed by atoms with Crippen LogP contribution in [-0.2, 0) is 6.42 Å². The Morgan fingerprint density at radius 3 is 2.62 bits per heavy atom. The maximum absolute atomic E-state index is 12.5. The highest BCUT2D eigenvalue weighted by atomic mass is 16.2. The Balaban J connectivity index is 1.38. The predicted octanol–water partition coefficient (Wildman–Crippen LogP) is 3.28. The van der Waals surface area contributed by atoms with Crippen molar-refractivity contribution in [1.82, 2.24) is 15.1 Å². The average Bonchev–Trinajstić information content (AvgIpc) is 3.08. The van der Waals surface area contributed by atoms with Gasteiger partial charge >= 0.3 is 6.03 Å². The maximum atomic E-state index is 12.5. The zero-order valence-electron chi connectivity index (χ0n) is 14.8. The highest BCUT2D eigenvalue weighted by molar-refractivity contribution is 5.74. The fraction of sp³-hybridized carbons (Fsp3) is 0.650. The first-order valence-electron chi connectivity index (χ1n) is 9.64. The number of hydrogen-bond acceptors (Lipinski definition) is 2. The summed E-state index contributed by atoms with van der Waals surface area (Å²) in [6.45, 7) is 5.28. The van der Waals surface area contributed by atoms with Gasteiger partial charge in [-0.1, -0.05) is 36.8 Å².